The molecule has 106 valence electrons. The molecule has 0 saturated carbocycles. The highest BCUT2D eigenvalue weighted by atomic mass is 127. The number of rotatable bonds is 6. The van der Waals surface area contributed by atoms with Crippen molar-refractivity contribution in [2.24, 2.45) is 0 Å². The van der Waals surface area contributed by atoms with Crippen LogP contribution in [0.1, 0.15) is 25.8 Å². The van der Waals surface area contributed by atoms with Gasteiger partial charge in [0, 0.05) is 4.43 Å². The first-order valence-electron chi connectivity index (χ1n) is 6.64. The quantitative estimate of drug-likeness (QED) is 0.562. The molecule has 1 aromatic carbocycles. The fourth-order valence-electron chi connectivity index (χ4n) is 2.27. The number of ether oxygens (including phenoxy) is 3. The zero-order valence-corrected chi connectivity index (χ0v) is 13.6. The minimum atomic E-state index is -0.489. The van der Waals surface area contributed by atoms with Crippen LogP contribution in [0.4, 0.5) is 0 Å². The normalized spacial score (nSPS) is 25.6. The fourth-order valence-corrected chi connectivity index (χ4v) is 2.88. The summed E-state index contributed by atoms with van der Waals surface area (Å²) in [4.78, 5) is 0. The maximum atomic E-state index is 5.90. The van der Waals surface area contributed by atoms with Crippen LogP contribution in [0.25, 0.3) is 0 Å². The molecular formula is C15H21IO3. The van der Waals surface area contributed by atoms with E-state index in [9.17, 15) is 0 Å². The van der Waals surface area contributed by atoms with Gasteiger partial charge in [-0.2, -0.15) is 0 Å². The molecular weight excluding hydrogens is 355 g/mol. The molecule has 1 fully saturated rings. The smallest absolute Gasteiger partial charge is 0.163 e. The summed E-state index contributed by atoms with van der Waals surface area (Å²) in [5.74, 6) is -0.489. The minimum absolute atomic E-state index is 0.0356. The summed E-state index contributed by atoms with van der Waals surface area (Å²) in [5.41, 5.74) is 1.19. The average molecular weight is 376 g/mol. The van der Waals surface area contributed by atoms with Gasteiger partial charge in [-0.25, -0.2) is 0 Å². The molecule has 4 heteroatoms. The van der Waals surface area contributed by atoms with Crippen molar-refractivity contribution in [2.75, 3.05) is 11.0 Å². The standard InChI is InChI=1S/C15H21IO3/c1-15(2)18-13(8-9-16)14(19-15)11-17-10-12-6-4-3-5-7-12/h3-7,13-14H,8-11H2,1-2H3/t13-,14+/m0/s1. The summed E-state index contributed by atoms with van der Waals surface area (Å²) < 4.78 is 18.6. The van der Waals surface area contributed by atoms with Gasteiger partial charge in [-0.15, -0.1) is 0 Å². The predicted octanol–water partition coefficient (Wildman–Crippen LogP) is 3.55. The van der Waals surface area contributed by atoms with E-state index in [0.29, 0.717) is 13.2 Å². The van der Waals surface area contributed by atoms with Crippen LogP contribution in [0.3, 0.4) is 0 Å². The molecule has 2 atom stereocenters. The molecule has 1 aromatic rings. The third-order valence-electron chi connectivity index (χ3n) is 3.07. The maximum Gasteiger partial charge on any atom is 0.163 e. The van der Waals surface area contributed by atoms with E-state index in [2.05, 4.69) is 34.7 Å². The van der Waals surface area contributed by atoms with Gasteiger partial charge in [-0.1, -0.05) is 52.9 Å². The lowest BCUT2D eigenvalue weighted by Crippen LogP contribution is -2.28. The SMILES string of the molecule is CC1(C)O[C@@H](CCI)[C@@H](COCc2ccccc2)O1. The summed E-state index contributed by atoms with van der Waals surface area (Å²) in [6.07, 6.45) is 1.18. The van der Waals surface area contributed by atoms with Crippen molar-refractivity contribution in [3.63, 3.8) is 0 Å². The number of alkyl halides is 1. The lowest BCUT2D eigenvalue weighted by Gasteiger charge is -2.16. The van der Waals surface area contributed by atoms with Crippen LogP contribution in [-0.2, 0) is 20.8 Å². The van der Waals surface area contributed by atoms with Gasteiger partial charge in [0.05, 0.1) is 19.3 Å². The van der Waals surface area contributed by atoms with Crippen LogP contribution in [0, 0.1) is 0 Å². The Morgan fingerprint density at radius 3 is 2.53 bits per heavy atom. The highest BCUT2D eigenvalue weighted by molar-refractivity contribution is 14.1. The van der Waals surface area contributed by atoms with Crippen molar-refractivity contribution in [1.82, 2.24) is 0 Å². The first kappa shape index (κ1) is 15.2. The molecule has 19 heavy (non-hydrogen) atoms. The number of hydrogen-bond acceptors (Lipinski definition) is 3. The zero-order valence-electron chi connectivity index (χ0n) is 11.5. The Hall–Kier alpha value is -0.170. The highest BCUT2D eigenvalue weighted by Gasteiger charge is 2.40. The van der Waals surface area contributed by atoms with Crippen LogP contribution in [0.2, 0.25) is 0 Å². The van der Waals surface area contributed by atoms with E-state index in [1.165, 1.54) is 5.56 Å². The third kappa shape index (κ3) is 4.70. The summed E-state index contributed by atoms with van der Waals surface area (Å²) >= 11 is 2.37. The molecule has 1 aliphatic heterocycles. The highest BCUT2D eigenvalue weighted by Crippen LogP contribution is 2.30. The number of hydrogen-bond donors (Lipinski definition) is 0. The molecule has 0 unspecified atom stereocenters. The first-order chi connectivity index (χ1) is 9.11. The second-order valence-electron chi connectivity index (χ2n) is 5.19. The molecule has 0 amide bonds. The zero-order chi connectivity index (χ0) is 13.7. The minimum Gasteiger partial charge on any atom is -0.374 e. The molecule has 0 N–H and O–H groups in total. The van der Waals surface area contributed by atoms with E-state index in [-0.39, 0.29) is 12.2 Å². The van der Waals surface area contributed by atoms with Crippen molar-refractivity contribution in [2.45, 2.75) is 44.9 Å². The van der Waals surface area contributed by atoms with Crippen LogP contribution >= 0.6 is 22.6 Å². The molecule has 1 saturated heterocycles. The van der Waals surface area contributed by atoms with Crippen LogP contribution in [0.15, 0.2) is 30.3 Å². The molecule has 1 heterocycles. The summed E-state index contributed by atoms with van der Waals surface area (Å²) in [6.45, 7) is 5.13. The van der Waals surface area contributed by atoms with Gasteiger partial charge in [-0.3, -0.25) is 0 Å². The van der Waals surface area contributed by atoms with Gasteiger partial charge in [0.1, 0.15) is 6.10 Å². The topological polar surface area (TPSA) is 27.7 Å². The molecule has 3 nitrogen and oxygen atoms in total. The first-order valence-corrected chi connectivity index (χ1v) is 8.16. The van der Waals surface area contributed by atoms with Crippen LogP contribution in [0.5, 0.6) is 0 Å². The van der Waals surface area contributed by atoms with Crippen LogP contribution in [-0.4, -0.2) is 29.0 Å². The van der Waals surface area contributed by atoms with Gasteiger partial charge in [0.25, 0.3) is 0 Å². The Kier molecular flexibility index (Phi) is 5.62. The van der Waals surface area contributed by atoms with Gasteiger partial charge < -0.3 is 14.2 Å². The van der Waals surface area contributed by atoms with Crippen molar-refractivity contribution in [3.8, 4) is 0 Å². The van der Waals surface area contributed by atoms with Gasteiger partial charge >= 0.3 is 0 Å². The monoisotopic (exact) mass is 376 g/mol. The summed E-state index contributed by atoms with van der Waals surface area (Å²) in [7, 11) is 0. The lowest BCUT2D eigenvalue weighted by molar-refractivity contribution is -0.151. The lowest BCUT2D eigenvalue weighted by atomic mass is 10.2. The van der Waals surface area contributed by atoms with Crippen LogP contribution < -0.4 is 0 Å². The molecule has 0 spiro atoms. The average Bonchev–Trinajstić information content (AvgIpc) is 2.66. The number of benzene rings is 1. The summed E-state index contributed by atoms with van der Waals surface area (Å²) in [6, 6.07) is 10.2. The van der Waals surface area contributed by atoms with E-state index < -0.39 is 5.79 Å². The Morgan fingerprint density at radius 1 is 1.16 bits per heavy atom. The second kappa shape index (κ2) is 7.02. The van der Waals surface area contributed by atoms with E-state index in [0.717, 1.165) is 10.8 Å². The van der Waals surface area contributed by atoms with Crippen molar-refractivity contribution in [3.05, 3.63) is 35.9 Å². The fraction of sp³-hybridized carbons (Fsp3) is 0.600. The van der Waals surface area contributed by atoms with E-state index >= 15 is 0 Å². The molecule has 0 aromatic heterocycles. The van der Waals surface area contributed by atoms with E-state index in [1.807, 2.05) is 32.0 Å². The Morgan fingerprint density at radius 2 is 1.84 bits per heavy atom. The van der Waals surface area contributed by atoms with E-state index in [1.54, 1.807) is 0 Å². The third-order valence-corrected chi connectivity index (χ3v) is 3.70. The molecule has 0 radical (unpaired) electrons. The molecule has 0 bridgehead atoms. The molecule has 1 aliphatic rings. The van der Waals surface area contributed by atoms with Gasteiger partial charge in [0.15, 0.2) is 5.79 Å². The molecule has 2 rings (SSSR count). The van der Waals surface area contributed by atoms with Crippen molar-refractivity contribution < 1.29 is 14.2 Å². The van der Waals surface area contributed by atoms with Gasteiger partial charge in [-0.05, 0) is 25.8 Å². The largest absolute Gasteiger partial charge is 0.374 e. The Balaban J connectivity index is 1.81. The Bertz CT molecular complexity index is 380. The second-order valence-corrected chi connectivity index (χ2v) is 6.27. The maximum absolute atomic E-state index is 5.90. The number of halogens is 1. The predicted molar refractivity (Wildman–Crippen MR) is 83.4 cm³/mol. The van der Waals surface area contributed by atoms with Crippen molar-refractivity contribution >= 4 is 22.6 Å². The Labute approximate surface area is 128 Å². The van der Waals surface area contributed by atoms with Crippen molar-refractivity contribution in [1.29, 1.82) is 0 Å². The summed E-state index contributed by atoms with van der Waals surface area (Å²) in [5, 5.41) is 0. The van der Waals surface area contributed by atoms with E-state index in [4.69, 9.17) is 14.2 Å². The molecule has 0 aliphatic carbocycles. The van der Waals surface area contributed by atoms with Gasteiger partial charge in [0.2, 0.25) is 0 Å².